The summed E-state index contributed by atoms with van der Waals surface area (Å²) in [5.74, 6) is -0.406. The number of benzene rings is 1. The monoisotopic (exact) mass is 258 g/mol. The Kier molecular flexibility index (Phi) is 4.34. The first kappa shape index (κ1) is 12.8. The highest BCUT2D eigenvalue weighted by Crippen LogP contribution is 2.22. The topological polar surface area (TPSA) is 35.5 Å². The van der Waals surface area contributed by atoms with Crippen molar-refractivity contribution in [2.75, 3.05) is 32.7 Å². The summed E-state index contributed by atoms with van der Waals surface area (Å²) in [6.07, 6.45) is -0.827. The standard InChI is InChI=1S/C12H16ClFN2O/c13-9-1-2-11(14)10(7-9)12(17)8-16-5-3-15-4-6-16/h1-2,7,12,15,17H,3-6,8H2. The highest BCUT2D eigenvalue weighted by atomic mass is 35.5. The Hall–Kier alpha value is -0.680. The van der Waals surface area contributed by atoms with E-state index in [4.69, 9.17) is 11.6 Å². The maximum absolute atomic E-state index is 13.5. The molecule has 1 fully saturated rings. The van der Waals surface area contributed by atoms with Gasteiger partial charge in [-0.25, -0.2) is 4.39 Å². The van der Waals surface area contributed by atoms with E-state index >= 15 is 0 Å². The fourth-order valence-electron chi connectivity index (χ4n) is 2.01. The third-order valence-electron chi connectivity index (χ3n) is 2.96. The molecule has 0 saturated carbocycles. The van der Waals surface area contributed by atoms with Gasteiger partial charge in [-0.05, 0) is 18.2 Å². The van der Waals surface area contributed by atoms with Crippen molar-refractivity contribution in [3.63, 3.8) is 0 Å². The smallest absolute Gasteiger partial charge is 0.129 e. The number of nitrogens with one attached hydrogen (secondary N) is 1. The summed E-state index contributed by atoms with van der Waals surface area (Å²) < 4.78 is 13.5. The predicted octanol–water partition coefficient (Wildman–Crippen LogP) is 1.42. The Morgan fingerprint density at radius 2 is 2.12 bits per heavy atom. The zero-order chi connectivity index (χ0) is 12.3. The largest absolute Gasteiger partial charge is 0.387 e. The van der Waals surface area contributed by atoms with E-state index in [-0.39, 0.29) is 5.56 Å². The minimum atomic E-state index is -0.827. The molecule has 2 N–H and O–H groups in total. The lowest BCUT2D eigenvalue weighted by molar-refractivity contribution is 0.103. The van der Waals surface area contributed by atoms with E-state index in [9.17, 15) is 9.50 Å². The van der Waals surface area contributed by atoms with Crippen LogP contribution in [-0.2, 0) is 0 Å². The van der Waals surface area contributed by atoms with Crippen LogP contribution in [0.2, 0.25) is 5.02 Å². The van der Waals surface area contributed by atoms with Gasteiger partial charge in [0.25, 0.3) is 0 Å². The van der Waals surface area contributed by atoms with E-state index in [1.807, 2.05) is 0 Å². The second-order valence-corrected chi connectivity index (χ2v) is 4.67. The van der Waals surface area contributed by atoms with Gasteiger partial charge in [0.2, 0.25) is 0 Å². The molecule has 3 nitrogen and oxygen atoms in total. The summed E-state index contributed by atoms with van der Waals surface area (Å²) in [5, 5.41) is 13.7. The van der Waals surface area contributed by atoms with Crippen molar-refractivity contribution in [1.82, 2.24) is 10.2 Å². The molecular weight excluding hydrogens is 243 g/mol. The second kappa shape index (κ2) is 5.78. The number of hydrogen-bond donors (Lipinski definition) is 2. The third-order valence-corrected chi connectivity index (χ3v) is 3.19. The molecule has 1 aliphatic heterocycles. The molecule has 1 heterocycles. The van der Waals surface area contributed by atoms with E-state index in [1.165, 1.54) is 18.2 Å². The van der Waals surface area contributed by atoms with Crippen molar-refractivity contribution >= 4 is 11.6 Å². The lowest BCUT2D eigenvalue weighted by Crippen LogP contribution is -2.45. The molecule has 17 heavy (non-hydrogen) atoms. The van der Waals surface area contributed by atoms with Crippen LogP contribution in [0, 0.1) is 5.82 Å². The molecule has 0 spiro atoms. The molecule has 0 aliphatic carbocycles. The zero-order valence-corrected chi connectivity index (χ0v) is 10.3. The molecule has 0 bridgehead atoms. The maximum Gasteiger partial charge on any atom is 0.129 e. The summed E-state index contributed by atoms with van der Waals surface area (Å²) in [5.41, 5.74) is 0.274. The van der Waals surface area contributed by atoms with Crippen LogP contribution >= 0.6 is 11.6 Å². The summed E-state index contributed by atoms with van der Waals surface area (Å²) in [7, 11) is 0. The van der Waals surface area contributed by atoms with Gasteiger partial charge in [-0.3, -0.25) is 4.90 Å². The average Bonchev–Trinajstić information content (AvgIpc) is 2.33. The second-order valence-electron chi connectivity index (χ2n) is 4.23. The number of aliphatic hydroxyl groups is 1. The lowest BCUT2D eigenvalue weighted by Gasteiger charge is -2.29. The molecule has 1 saturated heterocycles. The molecule has 0 amide bonds. The molecule has 0 aromatic heterocycles. The van der Waals surface area contributed by atoms with Crippen LogP contribution in [0.3, 0.4) is 0 Å². The molecule has 1 aromatic carbocycles. The fourth-order valence-corrected chi connectivity index (χ4v) is 2.19. The molecule has 94 valence electrons. The molecule has 2 rings (SSSR count). The highest BCUT2D eigenvalue weighted by Gasteiger charge is 2.18. The Labute approximate surface area is 105 Å². The SMILES string of the molecule is OC(CN1CCNCC1)c1cc(Cl)ccc1F. The number of hydrogen-bond acceptors (Lipinski definition) is 3. The molecule has 1 aliphatic rings. The summed E-state index contributed by atoms with van der Waals surface area (Å²) in [4.78, 5) is 2.11. The van der Waals surface area contributed by atoms with Crippen LogP contribution in [0.1, 0.15) is 11.7 Å². The van der Waals surface area contributed by atoms with Crippen molar-refractivity contribution in [2.24, 2.45) is 0 Å². The van der Waals surface area contributed by atoms with Crippen LogP contribution in [0.25, 0.3) is 0 Å². The van der Waals surface area contributed by atoms with Crippen LogP contribution in [-0.4, -0.2) is 42.7 Å². The third kappa shape index (κ3) is 3.39. The lowest BCUT2D eigenvalue weighted by atomic mass is 10.1. The van der Waals surface area contributed by atoms with Gasteiger partial charge >= 0.3 is 0 Å². The Bertz CT molecular complexity index is 383. The van der Waals surface area contributed by atoms with Gasteiger partial charge in [0.15, 0.2) is 0 Å². The van der Waals surface area contributed by atoms with Gasteiger partial charge in [-0.2, -0.15) is 0 Å². The Morgan fingerprint density at radius 1 is 1.41 bits per heavy atom. The number of halogens is 2. The van der Waals surface area contributed by atoms with Crippen LogP contribution in [0.15, 0.2) is 18.2 Å². The summed E-state index contributed by atoms with van der Waals surface area (Å²) in [6.45, 7) is 4.01. The minimum Gasteiger partial charge on any atom is -0.387 e. The number of piperazine rings is 1. The van der Waals surface area contributed by atoms with E-state index in [0.717, 1.165) is 26.2 Å². The summed E-state index contributed by atoms with van der Waals surface area (Å²) in [6, 6.07) is 4.26. The quantitative estimate of drug-likeness (QED) is 0.861. The van der Waals surface area contributed by atoms with Crippen molar-refractivity contribution in [2.45, 2.75) is 6.10 Å². The van der Waals surface area contributed by atoms with E-state index in [1.54, 1.807) is 0 Å². The number of aliphatic hydroxyl groups excluding tert-OH is 1. The highest BCUT2D eigenvalue weighted by molar-refractivity contribution is 6.30. The van der Waals surface area contributed by atoms with Gasteiger partial charge in [0.05, 0.1) is 6.10 Å². The number of rotatable bonds is 3. The van der Waals surface area contributed by atoms with Gasteiger partial charge in [-0.1, -0.05) is 11.6 Å². The van der Waals surface area contributed by atoms with E-state index in [2.05, 4.69) is 10.2 Å². The molecule has 1 atom stereocenters. The molecule has 1 aromatic rings. The van der Waals surface area contributed by atoms with Crippen LogP contribution in [0.4, 0.5) is 4.39 Å². The Morgan fingerprint density at radius 3 is 2.82 bits per heavy atom. The maximum atomic E-state index is 13.5. The molecular formula is C12H16ClFN2O. The first-order valence-electron chi connectivity index (χ1n) is 5.73. The van der Waals surface area contributed by atoms with Crippen LogP contribution in [0.5, 0.6) is 0 Å². The molecule has 0 radical (unpaired) electrons. The van der Waals surface area contributed by atoms with Gasteiger partial charge < -0.3 is 10.4 Å². The van der Waals surface area contributed by atoms with Crippen molar-refractivity contribution < 1.29 is 9.50 Å². The number of β-amino-alcohol motifs (C(OH)–C–C–N with tert-alkyl or cyclic N) is 1. The normalized spacial score (nSPS) is 19.2. The van der Waals surface area contributed by atoms with Crippen molar-refractivity contribution in [3.8, 4) is 0 Å². The van der Waals surface area contributed by atoms with E-state index in [0.29, 0.717) is 11.6 Å². The van der Waals surface area contributed by atoms with E-state index < -0.39 is 11.9 Å². The zero-order valence-electron chi connectivity index (χ0n) is 9.50. The number of nitrogens with zero attached hydrogens (tertiary/aromatic N) is 1. The molecule has 5 heteroatoms. The minimum absolute atomic E-state index is 0.274. The summed E-state index contributed by atoms with van der Waals surface area (Å²) >= 11 is 5.80. The van der Waals surface area contributed by atoms with Crippen molar-refractivity contribution in [3.05, 3.63) is 34.6 Å². The van der Waals surface area contributed by atoms with Crippen molar-refractivity contribution in [1.29, 1.82) is 0 Å². The van der Waals surface area contributed by atoms with Crippen LogP contribution < -0.4 is 5.32 Å². The predicted molar refractivity (Wildman–Crippen MR) is 65.7 cm³/mol. The van der Waals surface area contributed by atoms with Gasteiger partial charge in [0.1, 0.15) is 5.82 Å². The Balaban J connectivity index is 2.02. The van der Waals surface area contributed by atoms with Gasteiger partial charge in [0, 0.05) is 43.3 Å². The first-order chi connectivity index (χ1) is 8.16. The fraction of sp³-hybridized carbons (Fsp3) is 0.500. The molecule has 1 unspecified atom stereocenters. The van der Waals surface area contributed by atoms with Gasteiger partial charge in [-0.15, -0.1) is 0 Å². The first-order valence-corrected chi connectivity index (χ1v) is 6.10. The average molecular weight is 259 g/mol.